The molecular formula is C38H44N4O6S+2. The fourth-order valence-electron chi connectivity index (χ4n) is 6.84. The van der Waals surface area contributed by atoms with Gasteiger partial charge in [-0.3, -0.25) is 14.8 Å². The molecule has 0 aliphatic carbocycles. The normalized spacial score (nSPS) is 17.2. The van der Waals surface area contributed by atoms with Crippen LogP contribution in [0.3, 0.4) is 0 Å². The Morgan fingerprint density at radius 3 is 2.22 bits per heavy atom. The first-order valence-corrected chi connectivity index (χ1v) is 17.6. The van der Waals surface area contributed by atoms with Gasteiger partial charge < -0.3 is 4.74 Å². The third-order valence-corrected chi connectivity index (χ3v) is 10.5. The summed E-state index contributed by atoms with van der Waals surface area (Å²) < 4.78 is 43.4. The van der Waals surface area contributed by atoms with Gasteiger partial charge in [-0.25, -0.2) is 10.6 Å². The maximum absolute atomic E-state index is 12.3. The first-order valence-electron chi connectivity index (χ1n) is 16.2. The van der Waals surface area contributed by atoms with Crippen LogP contribution in [0.15, 0.2) is 89.5 Å². The fraction of sp³-hybridized carbons (Fsp3) is 0.316. The maximum atomic E-state index is 12.3. The van der Waals surface area contributed by atoms with E-state index in [1.54, 1.807) is 24.3 Å². The average molecular weight is 685 g/mol. The first kappa shape index (κ1) is 35.6. The second kappa shape index (κ2) is 13.7. The number of allylic oxidation sites excluding steroid dienone is 4. The number of methoxy groups -OCH3 is 1. The SMILES string of the molecule is C=[N+]1/C(=C\C(=C\C2=[N+](CCCCCC(=O)NN)c3ccc(S(=O)(=O)O)cc3C2(C)C)c2ccc(C(=O)OC)cc2)C(C)(C)c2ccccc21. The smallest absolute Gasteiger partial charge is 0.337 e. The molecule has 5 rings (SSSR count). The molecule has 0 fully saturated rings. The molecule has 2 aliphatic heterocycles. The number of amides is 1. The average Bonchev–Trinajstić information content (AvgIpc) is 3.40. The molecule has 2 heterocycles. The summed E-state index contributed by atoms with van der Waals surface area (Å²) in [5, 5.41) is 0. The molecule has 0 unspecified atom stereocenters. The van der Waals surface area contributed by atoms with Crippen LogP contribution < -0.4 is 11.3 Å². The molecule has 0 saturated heterocycles. The quantitative estimate of drug-likeness (QED) is 0.0431. The van der Waals surface area contributed by atoms with Gasteiger partial charge in [-0.1, -0.05) is 30.3 Å². The number of nitrogens with two attached hydrogens (primary N) is 1. The van der Waals surface area contributed by atoms with E-state index in [0.29, 0.717) is 24.9 Å². The Labute approximate surface area is 288 Å². The second-order valence-corrected chi connectivity index (χ2v) is 14.9. The highest BCUT2D eigenvalue weighted by molar-refractivity contribution is 7.85. The lowest BCUT2D eigenvalue weighted by Gasteiger charge is -2.18. The van der Waals surface area contributed by atoms with Gasteiger partial charge >= 0.3 is 5.97 Å². The molecule has 3 aromatic rings. The zero-order valence-electron chi connectivity index (χ0n) is 28.6. The van der Waals surface area contributed by atoms with Gasteiger partial charge in [0.2, 0.25) is 17.3 Å². The Hall–Kier alpha value is -4.71. The van der Waals surface area contributed by atoms with Crippen molar-refractivity contribution in [2.45, 2.75) is 69.1 Å². The summed E-state index contributed by atoms with van der Waals surface area (Å²) in [5.41, 5.74) is 8.92. The number of hydrogen-bond donors (Lipinski definition) is 3. The van der Waals surface area contributed by atoms with Crippen LogP contribution in [0.4, 0.5) is 11.4 Å². The molecule has 0 bridgehead atoms. The predicted molar refractivity (Wildman–Crippen MR) is 190 cm³/mol. The number of carbonyl (C=O) groups is 2. The van der Waals surface area contributed by atoms with Gasteiger partial charge in [0.15, 0.2) is 11.4 Å². The third kappa shape index (κ3) is 6.92. The van der Waals surface area contributed by atoms with Crippen LogP contribution in [0, 0.1) is 0 Å². The van der Waals surface area contributed by atoms with Crippen molar-refractivity contribution < 1.29 is 36.4 Å². The van der Waals surface area contributed by atoms with E-state index in [4.69, 9.17) is 10.6 Å². The van der Waals surface area contributed by atoms with E-state index in [-0.39, 0.29) is 16.2 Å². The number of hydrogen-bond acceptors (Lipinski definition) is 6. The summed E-state index contributed by atoms with van der Waals surface area (Å²) >= 11 is 0. The Bertz CT molecular complexity index is 2040. The van der Waals surface area contributed by atoms with Crippen molar-refractivity contribution in [3.63, 3.8) is 0 Å². The molecule has 0 spiro atoms. The summed E-state index contributed by atoms with van der Waals surface area (Å²) in [6.45, 7) is 13.4. The number of ether oxygens (including phenoxy) is 1. The number of nitrogens with one attached hydrogen (secondary N) is 1. The van der Waals surface area contributed by atoms with Gasteiger partial charge in [-0.15, -0.1) is 0 Å². The summed E-state index contributed by atoms with van der Waals surface area (Å²) in [4.78, 5) is 23.8. The Kier molecular flexibility index (Phi) is 9.92. The molecular weight excluding hydrogens is 641 g/mol. The van der Waals surface area contributed by atoms with E-state index in [9.17, 15) is 22.6 Å². The van der Waals surface area contributed by atoms with Crippen molar-refractivity contribution in [2.24, 2.45) is 5.84 Å². The number of benzene rings is 3. The number of para-hydroxylation sites is 1. The highest BCUT2D eigenvalue weighted by Crippen LogP contribution is 2.47. The van der Waals surface area contributed by atoms with Gasteiger partial charge in [0.05, 0.1) is 28.4 Å². The van der Waals surface area contributed by atoms with Crippen LogP contribution >= 0.6 is 0 Å². The molecule has 0 atom stereocenters. The topological polar surface area (TPSA) is 142 Å². The molecule has 4 N–H and O–H groups in total. The zero-order chi connectivity index (χ0) is 35.7. The molecule has 1 amide bonds. The van der Waals surface area contributed by atoms with E-state index in [2.05, 4.69) is 54.9 Å². The molecule has 0 saturated carbocycles. The number of nitrogens with zero attached hydrogens (tertiary/aromatic N) is 2. The Balaban J connectivity index is 1.69. The third-order valence-electron chi connectivity index (χ3n) is 9.63. The van der Waals surface area contributed by atoms with E-state index < -0.39 is 21.5 Å². The number of rotatable bonds is 11. The van der Waals surface area contributed by atoms with E-state index in [0.717, 1.165) is 57.9 Å². The molecule has 256 valence electrons. The Morgan fingerprint density at radius 2 is 1.59 bits per heavy atom. The lowest BCUT2D eigenvalue weighted by atomic mass is 9.79. The lowest BCUT2D eigenvalue weighted by molar-refractivity contribution is -0.438. The van der Waals surface area contributed by atoms with Crippen molar-refractivity contribution in [3.8, 4) is 0 Å². The summed E-state index contributed by atoms with van der Waals surface area (Å²) in [6, 6.07) is 20.1. The molecule has 3 aromatic carbocycles. The summed E-state index contributed by atoms with van der Waals surface area (Å²) in [6.07, 6.45) is 6.75. The van der Waals surface area contributed by atoms with Crippen LogP contribution in [-0.4, -0.2) is 60.1 Å². The minimum Gasteiger partial charge on any atom is -0.465 e. The molecule has 11 heteroatoms. The van der Waals surface area contributed by atoms with Gasteiger partial charge in [-0.2, -0.15) is 17.6 Å². The maximum Gasteiger partial charge on any atom is 0.337 e. The van der Waals surface area contributed by atoms with Crippen molar-refractivity contribution in [1.82, 2.24) is 5.43 Å². The van der Waals surface area contributed by atoms with Gasteiger partial charge in [-0.05, 0) is 75.9 Å². The minimum absolute atomic E-state index is 0.170. The van der Waals surface area contributed by atoms with Crippen molar-refractivity contribution in [2.75, 3.05) is 13.7 Å². The summed E-state index contributed by atoms with van der Waals surface area (Å²) in [7, 11) is -3.09. The monoisotopic (exact) mass is 684 g/mol. The number of hydrazine groups is 1. The standard InChI is InChI=1S/C38H42N4O6S/c1-37(2)29-12-9-10-13-31(29)41(5)33(37)22-27(25-15-17-26(18-16-25)36(44)48-6)23-34-38(3,4)30-24-28(49(45,46)47)19-20-32(30)42(34)21-11-7-8-14-35(43)40-39/h9-10,12-13,15-20,22-24,39H,5,7-8,11,14,21H2,1-4,6H3,(H-,44,45,46,47)/p+2/b33-22-. The molecule has 49 heavy (non-hydrogen) atoms. The van der Waals surface area contributed by atoms with E-state index in [1.165, 1.54) is 13.2 Å². The number of unbranched alkanes of at least 4 members (excludes halogenated alkanes) is 2. The molecule has 0 aromatic heterocycles. The zero-order valence-corrected chi connectivity index (χ0v) is 29.4. The van der Waals surface area contributed by atoms with Gasteiger partial charge in [0.1, 0.15) is 13.3 Å². The minimum atomic E-state index is -4.44. The van der Waals surface area contributed by atoms with Crippen LogP contribution in [0.2, 0.25) is 0 Å². The predicted octanol–water partition coefficient (Wildman–Crippen LogP) is 5.95. The Morgan fingerprint density at radius 1 is 0.918 bits per heavy atom. The van der Waals surface area contributed by atoms with Gasteiger partial charge in [0.25, 0.3) is 10.1 Å². The number of fused-ring (bicyclic) bond motifs is 2. The van der Waals surface area contributed by atoms with Gasteiger partial charge in [0, 0.05) is 48.3 Å². The highest BCUT2D eigenvalue weighted by atomic mass is 32.2. The van der Waals surface area contributed by atoms with Crippen LogP contribution in [0.25, 0.3) is 5.57 Å². The number of esters is 1. The van der Waals surface area contributed by atoms with E-state index in [1.807, 2.05) is 42.7 Å². The van der Waals surface area contributed by atoms with Crippen molar-refractivity contribution in [1.29, 1.82) is 0 Å². The first-order chi connectivity index (χ1) is 23.1. The summed E-state index contributed by atoms with van der Waals surface area (Å²) in [5.74, 6) is 4.60. The number of carbonyl (C=O) groups excluding carboxylic acids is 2. The largest absolute Gasteiger partial charge is 0.465 e. The van der Waals surface area contributed by atoms with Crippen LogP contribution in [0.5, 0.6) is 0 Å². The fourth-order valence-corrected chi connectivity index (χ4v) is 7.35. The van der Waals surface area contributed by atoms with Crippen LogP contribution in [0.1, 0.15) is 80.4 Å². The highest BCUT2D eigenvalue weighted by Gasteiger charge is 2.47. The molecule has 10 nitrogen and oxygen atoms in total. The van der Waals surface area contributed by atoms with Crippen molar-refractivity contribution >= 4 is 51.4 Å². The molecule has 2 aliphatic rings. The van der Waals surface area contributed by atoms with E-state index >= 15 is 0 Å². The lowest BCUT2D eigenvalue weighted by Crippen LogP contribution is -2.29. The molecule has 0 radical (unpaired) electrons. The second-order valence-electron chi connectivity index (χ2n) is 13.5. The van der Waals surface area contributed by atoms with Crippen LogP contribution in [-0.2, 0) is 30.5 Å². The van der Waals surface area contributed by atoms with Crippen molar-refractivity contribution in [3.05, 3.63) is 107 Å².